The zero-order valence-electron chi connectivity index (χ0n) is 18.8. The minimum atomic E-state index is 0.0307. The van der Waals surface area contributed by atoms with Crippen LogP contribution in [0.15, 0.2) is 24.3 Å². The van der Waals surface area contributed by atoms with Gasteiger partial charge in [-0.15, -0.1) is 0 Å². The molecule has 2 aromatic rings. The van der Waals surface area contributed by atoms with Crippen molar-refractivity contribution in [1.82, 2.24) is 14.9 Å². The molecule has 7 heteroatoms. The van der Waals surface area contributed by atoms with E-state index >= 15 is 0 Å². The molecule has 0 bridgehead atoms. The minimum Gasteiger partial charge on any atom is -0.497 e. The lowest BCUT2D eigenvalue weighted by Gasteiger charge is -2.37. The molecule has 1 amide bonds. The van der Waals surface area contributed by atoms with Crippen LogP contribution in [-0.4, -0.2) is 67.3 Å². The fraction of sp³-hybridized carbons (Fsp3) is 0.542. The highest BCUT2D eigenvalue weighted by molar-refractivity contribution is 5.79. The number of carbonyl (C=O) groups is 1. The Morgan fingerprint density at radius 3 is 2.71 bits per heavy atom. The molecule has 0 N–H and O–H groups in total. The standard InChI is InChI=1S/C24H32N4O3/c1-4-22-21(15-18-6-5-7-20(14-18)30-3)23(26-17(2)25-22)27-9-11-28(12-10-27)24(29)19-8-13-31-16-19/h5-7,14,19H,4,8-13,15-16H2,1-3H3. The Morgan fingerprint density at radius 1 is 1.23 bits per heavy atom. The molecule has 1 aromatic heterocycles. The summed E-state index contributed by atoms with van der Waals surface area (Å²) in [5.74, 6) is 2.92. The summed E-state index contributed by atoms with van der Waals surface area (Å²) in [4.78, 5) is 26.7. The molecule has 166 valence electrons. The fourth-order valence-corrected chi connectivity index (χ4v) is 4.49. The SMILES string of the molecule is CCc1nc(C)nc(N2CCN(C(=O)C3CCOC3)CC2)c1Cc1cccc(OC)c1. The van der Waals surface area contributed by atoms with Gasteiger partial charge in [-0.1, -0.05) is 19.1 Å². The van der Waals surface area contributed by atoms with Crippen molar-refractivity contribution in [2.75, 3.05) is 51.4 Å². The number of aryl methyl sites for hydroxylation is 2. The van der Waals surface area contributed by atoms with Crippen molar-refractivity contribution in [2.24, 2.45) is 5.92 Å². The van der Waals surface area contributed by atoms with Gasteiger partial charge < -0.3 is 19.3 Å². The van der Waals surface area contributed by atoms with Gasteiger partial charge in [0.05, 0.1) is 19.6 Å². The third kappa shape index (κ3) is 4.82. The van der Waals surface area contributed by atoms with Crippen molar-refractivity contribution in [1.29, 1.82) is 0 Å². The summed E-state index contributed by atoms with van der Waals surface area (Å²) in [7, 11) is 1.69. The van der Waals surface area contributed by atoms with Crippen LogP contribution >= 0.6 is 0 Å². The summed E-state index contributed by atoms with van der Waals surface area (Å²) in [5, 5.41) is 0. The number of ether oxygens (including phenoxy) is 2. The van der Waals surface area contributed by atoms with Crippen LogP contribution in [-0.2, 0) is 22.4 Å². The number of hydrogen-bond donors (Lipinski definition) is 0. The maximum atomic E-state index is 12.8. The van der Waals surface area contributed by atoms with Gasteiger partial charge in [-0.3, -0.25) is 4.79 Å². The number of aromatic nitrogens is 2. The van der Waals surface area contributed by atoms with Crippen LogP contribution in [0.5, 0.6) is 5.75 Å². The topological polar surface area (TPSA) is 67.8 Å². The highest BCUT2D eigenvalue weighted by Gasteiger charge is 2.31. The quantitative estimate of drug-likeness (QED) is 0.710. The average molecular weight is 425 g/mol. The summed E-state index contributed by atoms with van der Waals surface area (Å²) >= 11 is 0. The van der Waals surface area contributed by atoms with E-state index in [9.17, 15) is 4.79 Å². The van der Waals surface area contributed by atoms with E-state index in [1.807, 2.05) is 24.0 Å². The molecule has 31 heavy (non-hydrogen) atoms. The van der Waals surface area contributed by atoms with Crippen molar-refractivity contribution < 1.29 is 14.3 Å². The minimum absolute atomic E-state index is 0.0307. The Bertz CT molecular complexity index is 919. The molecular weight excluding hydrogens is 392 g/mol. The number of piperazine rings is 1. The summed E-state index contributed by atoms with van der Waals surface area (Å²) < 4.78 is 10.8. The molecule has 7 nitrogen and oxygen atoms in total. The van der Waals surface area contributed by atoms with Crippen molar-refractivity contribution in [3.63, 3.8) is 0 Å². The Kier molecular flexibility index (Phi) is 6.70. The summed E-state index contributed by atoms with van der Waals surface area (Å²) in [5.41, 5.74) is 3.44. The first kappa shape index (κ1) is 21.6. The first-order valence-electron chi connectivity index (χ1n) is 11.2. The maximum absolute atomic E-state index is 12.8. The number of benzene rings is 1. The Labute approximate surface area is 184 Å². The van der Waals surface area contributed by atoms with E-state index in [2.05, 4.69) is 24.0 Å². The second-order valence-electron chi connectivity index (χ2n) is 8.27. The molecule has 0 aliphatic carbocycles. The Hall–Kier alpha value is -2.67. The van der Waals surface area contributed by atoms with Crippen molar-refractivity contribution >= 4 is 11.7 Å². The second-order valence-corrected chi connectivity index (χ2v) is 8.27. The number of nitrogens with zero attached hydrogens (tertiary/aromatic N) is 4. The van der Waals surface area contributed by atoms with Gasteiger partial charge in [0.15, 0.2) is 0 Å². The van der Waals surface area contributed by atoms with Crippen LogP contribution in [0.3, 0.4) is 0 Å². The summed E-state index contributed by atoms with van der Waals surface area (Å²) in [6, 6.07) is 8.17. The number of carbonyl (C=O) groups excluding carboxylic acids is 1. The Balaban J connectivity index is 1.55. The van der Waals surface area contributed by atoms with Crippen molar-refractivity contribution in [2.45, 2.75) is 33.1 Å². The number of anilines is 1. The average Bonchev–Trinajstić information content (AvgIpc) is 3.34. The molecule has 1 atom stereocenters. The largest absolute Gasteiger partial charge is 0.497 e. The zero-order valence-corrected chi connectivity index (χ0v) is 18.8. The smallest absolute Gasteiger partial charge is 0.228 e. The van der Waals surface area contributed by atoms with Gasteiger partial charge in [-0.05, 0) is 37.5 Å². The van der Waals surface area contributed by atoms with Crippen molar-refractivity contribution in [3.05, 3.63) is 46.9 Å². The molecule has 3 heterocycles. The van der Waals surface area contributed by atoms with E-state index in [-0.39, 0.29) is 11.8 Å². The van der Waals surface area contributed by atoms with Crippen LogP contribution in [0.1, 0.15) is 36.0 Å². The Morgan fingerprint density at radius 2 is 2.03 bits per heavy atom. The highest BCUT2D eigenvalue weighted by Crippen LogP contribution is 2.27. The van der Waals surface area contributed by atoms with Gasteiger partial charge in [-0.2, -0.15) is 0 Å². The van der Waals surface area contributed by atoms with Gasteiger partial charge in [-0.25, -0.2) is 9.97 Å². The lowest BCUT2D eigenvalue weighted by atomic mass is 10.0. The van der Waals surface area contributed by atoms with Gasteiger partial charge in [0, 0.05) is 50.5 Å². The molecule has 2 saturated heterocycles. The van der Waals surface area contributed by atoms with Crippen LogP contribution < -0.4 is 9.64 Å². The molecule has 2 fully saturated rings. The van der Waals surface area contributed by atoms with Crippen LogP contribution in [0.2, 0.25) is 0 Å². The number of rotatable bonds is 6. The fourth-order valence-electron chi connectivity index (χ4n) is 4.49. The molecule has 2 aliphatic heterocycles. The van der Waals surface area contributed by atoms with E-state index in [0.29, 0.717) is 13.2 Å². The van der Waals surface area contributed by atoms with E-state index in [0.717, 1.165) is 68.5 Å². The van der Waals surface area contributed by atoms with Crippen LogP contribution in [0, 0.1) is 12.8 Å². The third-order valence-corrected chi connectivity index (χ3v) is 6.20. The van der Waals surface area contributed by atoms with Crippen molar-refractivity contribution in [3.8, 4) is 5.75 Å². The number of amides is 1. The summed E-state index contributed by atoms with van der Waals surface area (Å²) in [6.45, 7) is 8.36. The lowest BCUT2D eigenvalue weighted by Crippen LogP contribution is -2.51. The first-order chi connectivity index (χ1) is 15.1. The van der Waals surface area contributed by atoms with Crippen LogP contribution in [0.25, 0.3) is 0 Å². The number of methoxy groups -OCH3 is 1. The van der Waals surface area contributed by atoms with Crippen LogP contribution in [0.4, 0.5) is 5.82 Å². The third-order valence-electron chi connectivity index (χ3n) is 6.20. The molecule has 4 rings (SSSR count). The van der Waals surface area contributed by atoms with Gasteiger partial charge in [0.1, 0.15) is 17.4 Å². The maximum Gasteiger partial charge on any atom is 0.228 e. The molecule has 2 aliphatic rings. The number of hydrogen-bond acceptors (Lipinski definition) is 6. The van der Waals surface area contributed by atoms with Gasteiger partial charge in [0.25, 0.3) is 0 Å². The van der Waals surface area contributed by atoms with Gasteiger partial charge in [0.2, 0.25) is 5.91 Å². The molecule has 0 spiro atoms. The van der Waals surface area contributed by atoms with E-state index in [1.54, 1.807) is 7.11 Å². The first-order valence-corrected chi connectivity index (χ1v) is 11.2. The molecular formula is C24H32N4O3. The lowest BCUT2D eigenvalue weighted by molar-refractivity contribution is -0.135. The second kappa shape index (κ2) is 9.64. The molecule has 1 unspecified atom stereocenters. The van der Waals surface area contributed by atoms with E-state index in [1.165, 1.54) is 11.1 Å². The summed E-state index contributed by atoms with van der Waals surface area (Å²) in [6.07, 6.45) is 2.46. The molecule has 0 saturated carbocycles. The monoisotopic (exact) mass is 424 g/mol. The molecule has 0 radical (unpaired) electrons. The predicted molar refractivity (Wildman–Crippen MR) is 120 cm³/mol. The molecule has 1 aromatic carbocycles. The zero-order chi connectivity index (χ0) is 21.8. The predicted octanol–water partition coefficient (Wildman–Crippen LogP) is 2.63. The van der Waals surface area contributed by atoms with E-state index < -0.39 is 0 Å². The van der Waals surface area contributed by atoms with E-state index in [4.69, 9.17) is 19.4 Å². The normalized spacial score (nSPS) is 19.0. The highest BCUT2D eigenvalue weighted by atomic mass is 16.5. The van der Waals surface area contributed by atoms with Gasteiger partial charge >= 0.3 is 0 Å².